The number of rotatable bonds is 13. The van der Waals surface area contributed by atoms with Gasteiger partial charge in [-0.2, -0.15) is 8.42 Å². The van der Waals surface area contributed by atoms with Crippen molar-refractivity contribution in [3.8, 4) is 0 Å². The number of hydrogen-bond acceptors (Lipinski definition) is 4. The molecule has 134 valence electrons. The quantitative estimate of drug-likeness (QED) is 0.305. The summed E-state index contributed by atoms with van der Waals surface area (Å²) in [4.78, 5) is 0.238. The third-order valence-electron chi connectivity index (χ3n) is 3.77. The number of unbranched alkanes of at least 4 members (excludes halogenated alkanes) is 9. The van der Waals surface area contributed by atoms with Gasteiger partial charge in [-0.1, -0.05) is 82.9 Å². The Bertz CT molecular complexity index is 477. The van der Waals surface area contributed by atoms with Gasteiger partial charge < -0.3 is 5.48 Å². The standard InChI is InChI=1S/C18H30O3S.Na.H2O/c1-2-3-4-5-6-7-8-9-10-14-17-21-22(19,20)18-15-12-11-13-16-18;;/h11-13,15-16H,2-10,14,17H2,1H3;;1H2/q;+1;/p-1. The predicted octanol–water partition coefficient (Wildman–Crippen LogP) is 2.14. The third-order valence-corrected chi connectivity index (χ3v) is 5.09. The molecule has 1 N–H and O–H groups in total. The molecule has 0 radical (unpaired) electrons. The van der Waals surface area contributed by atoms with Crippen molar-refractivity contribution in [2.24, 2.45) is 0 Å². The summed E-state index contributed by atoms with van der Waals surface area (Å²) in [6.45, 7) is 2.52. The molecule has 0 spiro atoms. The first-order valence-electron chi connectivity index (χ1n) is 8.61. The molecule has 0 saturated heterocycles. The summed E-state index contributed by atoms with van der Waals surface area (Å²) >= 11 is 0. The van der Waals surface area contributed by atoms with Gasteiger partial charge in [0.1, 0.15) is 0 Å². The zero-order valence-corrected chi connectivity index (χ0v) is 18.1. The van der Waals surface area contributed by atoms with E-state index >= 15 is 0 Å². The van der Waals surface area contributed by atoms with Crippen molar-refractivity contribution in [3.63, 3.8) is 0 Å². The Morgan fingerprint density at radius 3 is 1.75 bits per heavy atom. The Hall–Kier alpha value is 0.0900. The molecule has 1 rings (SSSR count). The molecular weight excluding hydrogens is 335 g/mol. The van der Waals surface area contributed by atoms with Crippen molar-refractivity contribution >= 4 is 10.1 Å². The Balaban J connectivity index is 0. The van der Waals surface area contributed by atoms with Gasteiger partial charge in [0.05, 0.1) is 11.5 Å². The first kappa shape index (κ1) is 26.3. The maximum atomic E-state index is 11.9. The van der Waals surface area contributed by atoms with Gasteiger partial charge in [-0.05, 0) is 18.6 Å². The van der Waals surface area contributed by atoms with Crippen molar-refractivity contribution in [2.75, 3.05) is 6.61 Å². The zero-order valence-electron chi connectivity index (χ0n) is 15.2. The molecule has 0 unspecified atom stereocenters. The fraction of sp³-hybridized carbons (Fsp3) is 0.667. The molecule has 0 aliphatic carbocycles. The van der Waals surface area contributed by atoms with Crippen LogP contribution in [0, 0.1) is 0 Å². The average Bonchev–Trinajstić information content (AvgIpc) is 2.53. The molecule has 0 aromatic heterocycles. The van der Waals surface area contributed by atoms with E-state index in [2.05, 4.69) is 6.92 Å². The Morgan fingerprint density at radius 1 is 0.792 bits per heavy atom. The van der Waals surface area contributed by atoms with Gasteiger partial charge >= 0.3 is 29.6 Å². The molecule has 6 heteroatoms. The molecule has 0 fully saturated rings. The fourth-order valence-corrected chi connectivity index (χ4v) is 3.38. The van der Waals surface area contributed by atoms with Crippen molar-refractivity contribution in [1.29, 1.82) is 0 Å². The number of benzene rings is 1. The van der Waals surface area contributed by atoms with E-state index in [1.54, 1.807) is 30.3 Å². The minimum Gasteiger partial charge on any atom is -0.870 e. The van der Waals surface area contributed by atoms with E-state index in [9.17, 15) is 8.42 Å². The van der Waals surface area contributed by atoms with Crippen molar-refractivity contribution < 1.29 is 47.6 Å². The predicted molar refractivity (Wildman–Crippen MR) is 93.4 cm³/mol. The van der Waals surface area contributed by atoms with E-state index in [4.69, 9.17) is 4.18 Å². The summed E-state index contributed by atoms with van der Waals surface area (Å²) in [6, 6.07) is 8.33. The maximum absolute atomic E-state index is 11.9. The second-order valence-corrected chi connectivity index (χ2v) is 7.39. The normalized spacial score (nSPS) is 10.7. The van der Waals surface area contributed by atoms with E-state index in [-0.39, 0.29) is 46.5 Å². The largest absolute Gasteiger partial charge is 1.00 e. The Morgan fingerprint density at radius 2 is 1.25 bits per heavy atom. The van der Waals surface area contributed by atoms with E-state index in [1.807, 2.05) is 0 Å². The fourth-order valence-electron chi connectivity index (χ4n) is 2.41. The van der Waals surface area contributed by atoms with Crippen LogP contribution in [0.3, 0.4) is 0 Å². The van der Waals surface area contributed by atoms with Crippen LogP contribution in [0.5, 0.6) is 0 Å². The van der Waals surface area contributed by atoms with Crippen LogP contribution in [-0.4, -0.2) is 20.5 Å². The van der Waals surface area contributed by atoms with Gasteiger partial charge in [-0.3, -0.25) is 4.18 Å². The van der Waals surface area contributed by atoms with Crippen LogP contribution >= 0.6 is 0 Å². The molecule has 1 aromatic rings. The summed E-state index contributed by atoms with van der Waals surface area (Å²) in [7, 11) is -3.57. The molecule has 4 nitrogen and oxygen atoms in total. The monoisotopic (exact) mass is 366 g/mol. The van der Waals surface area contributed by atoms with Gasteiger partial charge in [-0.15, -0.1) is 0 Å². The minimum atomic E-state index is -3.57. The smallest absolute Gasteiger partial charge is 0.870 e. The van der Waals surface area contributed by atoms with Crippen LogP contribution in [-0.2, 0) is 14.3 Å². The minimum absolute atomic E-state index is 0. The molecule has 0 saturated carbocycles. The second-order valence-electron chi connectivity index (χ2n) is 5.77. The Labute approximate surface area is 170 Å². The molecule has 1 aromatic carbocycles. The summed E-state index contributed by atoms with van der Waals surface area (Å²) < 4.78 is 28.8. The van der Waals surface area contributed by atoms with Crippen LogP contribution in [0.15, 0.2) is 35.2 Å². The summed E-state index contributed by atoms with van der Waals surface area (Å²) in [5.41, 5.74) is 0. The topological polar surface area (TPSA) is 73.4 Å². The zero-order chi connectivity index (χ0) is 16.1. The van der Waals surface area contributed by atoms with Crippen LogP contribution in [0.25, 0.3) is 0 Å². The van der Waals surface area contributed by atoms with Gasteiger partial charge in [0.15, 0.2) is 0 Å². The molecule has 0 amide bonds. The van der Waals surface area contributed by atoms with Crippen LogP contribution < -0.4 is 29.6 Å². The molecule has 0 bridgehead atoms. The summed E-state index contributed by atoms with van der Waals surface area (Å²) in [5.74, 6) is 0. The molecule has 0 aliphatic rings. The van der Waals surface area contributed by atoms with Crippen LogP contribution in [0.2, 0.25) is 0 Å². The van der Waals surface area contributed by atoms with Crippen LogP contribution in [0.1, 0.15) is 71.1 Å². The van der Waals surface area contributed by atoms with Crippen LogP contribution in [0.4, 0.5) is 0 Å². The first-order chi connectivity index (χ1) is 10.7. The molecule has 24 heavy (non-hydrogen) atoms. The summed E-state index contributed by atoms with van der Waals surface area (Å²) in [5, 5.41) is 0. The molecule has 0 atom stereocenters. The van der Waals surface area contributed by atoms with E-state index in [0.717, 1.165) is 12.8 Å². The number of hydrogen-bond donors (Lipinski definition) is 0. The average molecular weight is 366 g/mol. The maximum Gasteiger partial charge on any atom is 1.00 e. The molecule has 0 aliphatic heterocycles. The van der Waals surface area contributed by atoms with Gasteiger partial charge in [0.2, 0.25) is 0 Å². The molecular formula is C18H31NaO4S. The molecule has 0 heterocycles. The van der Waals surface area contributed by atoms with E-state index < -0.39 is 10.1 Å². The second kappa shape index (κ2) is 16.6. The summed E-state index contributed by atoms with van der Waals surface area (Å²) in [6.07, 6.45) is 12.3. The van der Waals surface area contributed by atoms with Gasteiger partial charge in [-0.25, -0.2) is 0 Å². The van der Waals surface area contributed by atoms with E-state index in [1.165, 1.54) is 51.4 Å². The van der Waals surface area contributed by atoms with Gasteiger partial charge in [0.25, 0.3) is 10.1 Å². The third kappa shape index (κ3) is 12.5. The van der Waals surface area contributed by atoms with Crippen molar-refractivity contribution in [3.05, 3.63) is 30.3 Å². The van der Waals surface area contributed by atoms with Crippen molar-refractivity contribution in [2.45, 2.75) is 76.0 Å². The van der Waals surface area contributed by atoms with E-state index in [0.29, 0.717) is 0 Å². The van der Waals surface area contributed by atoms with Crippen molar-refractivity contribution in [1.82, 2.24) is 0 Å². The SMILES string of the molecule is CCCCCCCCCCCCOS(=O)(=O)c1ccccc1.[Na+].[OH-]. The first-order valence-corrected chi connectivity index (χ1v) is 10.0. The van der Waals surface area contributed by atoms with Gasteiger partial charge in [0, 0.05) is 0 Å². The Kier molecular flexibility index (Phi) is 18.2.